The van der Waals surface area contributed by atoms with Crippen LogP contribution < -0.4 is 4.74 Å². The van der Waals surface area contributed by atoms with Crippen LogP contribution in [0, 0.1) is 5.92 Å². The van der Waals surface area contributed by atoms with Crippen LogP contribution in [0.5, 0.6) is 5.75 Å². The van der Waals surface area contributed by atoms with Crippen molar-refractivity contribution in [1.29, 1.82) is 0 Å². The molecule has 16 heavy (non-hydrogen) atoms. The maximum absolute atomic E-state index is 11.3. The van der Waals surface area contributed by atoms with Gasteiger partial charge < -0.3 is 4.74 Å². The van der Waals surface area contributed by atoms with Gasteiger partial charge in [-0.2, -0.15) is 0 Å². The smallest absolute Gasteiger partial charge is 0.159 e. The highest BCUT2D eigenvalue weighted by Crippen LogP contribution is 2.38. The van der Waals surface area contributed by atoms with Crippen molar-refractivity contribution in [3.63, 3.8) is 0 Å². The summed E-state index contributed by atoms with van der Waals surface area (Å²) >= 11 is 0. The maximum atomic E-state index is 11.3. The van der Waals surface area contributed by atoms with Crippen molar-refractivity contribution in [2.45, 2.75) is 26.9 Å². The van der Waals surface area contributed by atoms with Crippen LogP contribution in [0.25, 0.3) is 5.57 Å². The molecule has 1 aliphatic heterocycles. The van der Waals surface area contributed by atoms with Gasteiger partial charge in [0.25, 0.3) is 0 Å². The van der Waals surface area contributed by atoms with Crippen molar-refractivity contribution in [3.8, 4) is 5.75 Å². The number of Topliss-reactive ketones (excluding diaryl/α,β-unsaturated/α-hetero) is 1. The molecule has 0 N–H and O–H groups in total. The van der Waals surface area contributed by atoms with E-state index in [1.165, 1.54) is 0 Å². The fraction of sp³-hybridized carbons (Fsp3) is 0.357. The fourth-order valence-electron chi connectivity index (χ4n) is 1.94. The number of fused-ring (bicyclic) bond motifs is 1. The van der Waals surface area contributed by atoms with E-state index in [-0.39, 0.29) is 11.9 Å². The van der Waals surface area contributed by atoms with Crippen LogP contribution in [0.3, 0.4) is 0 Å². The predicted molar refractivity (Wildman–Crippen MR) is 64.7 cm³/mol. The molecule has 2 unspecified atom stereocenters. The summed E-state index contributed by atoms with van der Waals surface area (Å²) in [5, 5.41) is 0. The Morgan fingerprint density at radius 3 is 2.69 bits per heavy atom. The molecular formula is C14H16O2. The Balaban J connectivity index is 2.49. The predicted octanol–water partition coefficient (Wildman–Crippen LogP) is 3.32. The molecule has 0 saturated carbocycles. The van der Waals surface area contributed by atoms with Crippen LogP contribution in [0.15, 0.2) is 24.8 Å². The Morgan fingerprint density at radius 1 is 1.38 bits per heavy atom. The van der Waals surface area contributed by atoms with E-state index in [0.717, 1.165) is 16.9 Å². The van der Waals surface area contributed by atoms with Crippen LogP contribution in [0.2, 0.25) is 0 Å². The normalized spacial score (nSPS) is 23.6. The van der Waals surface area contributed by atoms with Gasteiger partial charge in [-0.1, -0.05) is 25.6 Å². The van der Waals surface area contributed by atoms with Gasteiger partial charge in [0.05, 0.1) is 0 Å². The minimum atomic E-state index is 0.0586. The number of carbonyl (C=O) groups is 1. The zero-order valence-electron chi connectivity index (χ0n) is 9.91. The van der Waals surface area contributed by atoms with Gasteiger partial charge in [-0.3, -0.25) is 4.79 Å². The molecule has 1 heterocycles. The molecule has 1 aliphatic rings. The largest absolute Gasteiger partial charge is 0.489 e. The summed E-state index contributed by atoms with van der Waals surface area (Å²) < 4.78 is 5.79. The van der Waals surface area contributed by atoms with Crippen molar-refractivity contribution in [3.05, 3.63) is 35.9 Å². The quantitative estimate of drug-likeness (QED) is 0.673. The maximum Gasteiger partial charge on any atom is 0.159 e. The highest BCUT2D eigenvalue weighted by atomic mass is 16.5. The molecule has 0 bridgehead atoms. The highest BCUT2D eigenvalue weighted by Gasteiger charge is 2.26. The molecule has 0 aromatic heterocycles. The third-order valence-corrected chi connectivity index (χ3v) is 3.30. The van der Waals surface area contributed by atoms with Gasteiger partial charge in [0.15, 0.2) is 5.78 Å². The summed E-state index contributed by atoms with van der Waals surface area (Å²) in [6, 6.07) is 5.57. The first-order valence-electron chi connectivity index (χ1n) is 5.51. The Morgan fingerprint density at radius 2 is 2.06 bits per heavy atom. The number of carbonyl (C=O) groups excluding carboxylic acids is 1. The summed E-state index contributed by atoms with van der Waals surface area (Å²) in [6.45, 7) is 9.79. The van der Waals surface area contributed by atoms with Crippen molar-refractivity contribution >= 4 is 11.4 Å². The molecule has 1 aromatic carbocycles. The first-order valence-corrected chi connectivity index (χ1v) is 5.51. The second-order valence-electron chi connectivity index (χ2n) is 4.40. The SMILES string of the molecule is C=C1c2ccc(C(C)=O)cc2OC(C)C1C. The van der Waals surface area contributed by atoms with Crippen LogP contribution in [0.1, 0.15) is 36.7 Å². The Bertz CT molecular complexity index is 460. The second kappa shape index (κ2) is 3.78. The number of rotatable bonds is 1. The molecule has 0 aliphatic carbocycles. The number of ether oxygens (including phenoxy) is 1. The van der Waals surface area contributed by atoms with Crippen LogP contribution in [0.4, 0.5) is 0 Å². The standard InChI is InChI=1S/C14H16O2/c1-8-9(2)13-6-5-12(10(3)15)7-14(13)16-11(8)4/h5-8,11H,2H2,1,3-4H3. The molecule has 2 rings (SSSR count). The summed E-state index contributed by atoms with van der Waals surface area (Å²) in [7, 11) is 0. The molecule has 0 spiro atoms. The molecule has 2 nitrogen and oxygen atoms in total. The average Bonchev–Trinajstić information content (AvgIpc) is 2.25. The van der Waals surface area contributed by atoms with E-state index in [0.29, 0.717) is 11.5 Å². The average molecular weight is 216 g/mol. The third kappa shape index (κ3) is 1.64. The lowest BCUT2D eigenvalue weighted by atomic mass is 9.87. The lowest BCUT2D eigenvalue weighted by Crippen LogP contribution is -2.27. The van der Waals surface area contributed by atoms with Crippen LogP contribution in [-0.4, -0.2) is 11.9 Å². The molecular weight excluding hydrogens is 200 g/mol. The van der Waals surface area contributed by atoms with E-state index < -0.39 is 0 Å². The summed E-state index contributed by atoms with van der Waals surface area (Å²) in [4.78, 5) is 11.3. The minimum Gasteiger partial charge on any atom is -0.489 e. The van der Waals surface area contributed by atoms with Gasteiger partial charge in [-0.05, 0) is 25.5 Å². The first kappa shape index (κ1) is 10.9. The van der Waals surface area contributed by atoms with E-state index in [4.69, 9.17) is 4.74 Å². The first-order chi connectivity index (χ1) is 7.50. The van der Waals surface area contributed by atoms with Crippen LogP contribution >= 0.6 is 0 Å². The molecule has 0 amide bonds. The molecule has 0 fully saturated rings. The molecule has 2 heteroatoms. The van der Waals surface area contributed by atoms with Gasteiger partial charge in [-0.25, -0.2) is 0 Å². The Kier molecular flexibility index (Phi) is 2.58. The van der Waals surface area contributed by atoms with E-state index in [1.54, 1.807) is 6.92 Å². The van der Waals surface area contributed by atoms with Gasteiger partial charge in [0.1, 0.15) is 11.9 Å². The minimum absolute atomic E-state index is 0.0586. The topological polar surface area (TPSA) is 26.3 Å². The zero-order chi connectivity index (χ0) is 11.9. The third-order valence-electron chi connectivity index (χ3n) is 3.30. The zero-order valence-corrected chi connectivity index (χ0v) is 9.91. The van der Waals surface area contributed by atoms with Gasteiger partial charge in [-0.15, -0.1) is 0 Å². The Hall–Kier alpha value is -1.57. The van der Waals surface area contributed by atoms with E-state index >= 15 is 0 Å². The molecule has 0 radical (unpaired) electrons. The molecule has 2 atom stereocenters. The van der Waals surface area contributed by atoms with E-state index in [2.05, 4.69) is 13.5 Å². The Labute approximate surface area is 95.9 Å². The summed E-state index contributed by atoms with van der Waals surface area (Å²) in [6.07, 6.45) is 0.113. The van der Waals surface area contributed by atoms with E-state index in [9.17, 15) is 4.79 Å². The van der Waals surface area contributed by atoms with Crippen molar-refractivity contribution < 1.29 is 9.53 Å². The molecule has 1 aromatic rings. The highest BCUT2D eigenvalue weighted by molar-refractivity contribution is 5.95. The molecule has 0 saturated heterocycles. The van der Waals surface area contributed by atoms with Crippen molar-refractivity contribution in [2.75, 3.05) is 0 Å². The number of ketones is 1. The fourth-order valence-corrected chi connectivity index (χ4v) is 1.94. The lowest BCUT2D eigenvalue weighted by molar-refractivity contribution is 0.101. The number of hydrogen-bond acceptors (Lipinski definition) is 2. The van der Waals surface area contributed by atoms with Crippen molar-refractivity contribution in [1.82, 2.24) is 0 Å². The van der Waals surface area contributed by atoms with Gasteiger partial charge in [0.2, 0.25) is 0 Å². The van der Waals surface area contributed by atoms with E-state index in [1.807, 2.05) is 25.1 Å². The monoisotopic (exact) mass is 216 g/mol. The molecule has 84 valence electrons. The van der Waals surface area contributed by atoms with Gasteiger partial charge in [0, 0.05) is 17.0 Å². The van der Waals surface area contributed by atoms with Gasteiger partial charge >= 0.3 is 0 Å². The summed E-state index contributed by atoms with van der Waals surface area (Å²) in [5.41, 5.74) is 2.80. The second-order valence-corrected chi connectivity index (χ2v) is 4.40. The van der Waals surface area contributed by atoms with Crippen LogP contribution in [-0.2, 0) is 0 Å². The lowest BCUT2D eigenvalue weighted by Gasteiger charge is -2.31. The summed E-state index contributed by atoms with van der Waals surface area (Å²) in [5.74, 6) is 1.15. The van der Waals surface area contributed by atoms with Crippen molar-refractivity contribution in [2.24, 2.45) is 5.92 Å². The number of benzene rings is 1. The number of hydrogen-bond donors (Lipinski definition) is 0.